The van der Waals surface area contributed by atoms with E-state index in [2.05, 4.69) is 4.74 Å². The van der Waals surface area contributed by atoms with Gasteiger partial charge in [-0.05, 0) is 6.92 Å². The van der Waals surface area contributed by atoms with Crippen LogP contribution in [0.2, 0.25) is 0 Å². The lowest BCUT2D eigenvalue weighted by atomic mass is 10.2. The molecule has 0 amide bonds. The van der Waals surface area contributed by atoms with Crippen LogP contribution < -0.4 is 0 Å². The van der Waals surface area contributed by atoms with Gasteiger partial charge < -0.3 is 25.2 Å². The third-order valence-corrected chi connectivity index (χ3v) is 1.20. The standard InChI is InChI=1S/C7H12O6/c1-2-13-6(7(11)12)5(10)4(9)3-8/h4,8-10H,2-3H2,1H3,(H,11,12)/b6-5+. The number of carboxylic acids is 1. The number of carboxylic acid groups (broad SMARTS) is 1. The summed E-state index contributed by atoms with van der Waals surface area (Å²) in [5, 5.41) is 34.8. The molecule has 13 heavy (non-hydrogen) atoms. The van der Waals surface area contributed by atoms with E-state index >= 15 is 0 Å². The summed E-state index contributed by atoms with van der Waals surface area (Å²) < 4.78 is 4.55. The molecule has 0 bridgehead atoms. The maximum Gasteiger partial charge on any atom is 0.374 e. The number of aliphatic hydroxyl groups is 3. The number of hydrogen-bond acceptors (Lipinski definition) is 5. The van der Waals surface area contributed by atoms with E-state index < -0.39 is 30.2 Å². The van der Waals surface area contributed by atoms with Crippen LogP contribution in [0.3, 0.4) is 0 Å². The first-order valence-corrected chi connectivity index (χ1v) is 3.62. The van der Waals surface area contributed by atoms with Crippen LogP contribution >= 0.6 is 0 Å². The number of rotatable bonds is 5. The Labute approximate surface area is 74.7 Å². The maximum atomic E-state index is 10.4. The van der Waals surface area contributed by atoms with Crippen molar-refractivity contribution in [1.82, 2.24) is 0 Å². The fourth-order valence-electron chi connectivity index (χ4n) is 0.627. The highest BCUT2D eigenvalue weighted by Crippen LogP contribution is 2.08. The van der Waals surface area contributed by atoms with Crippen molar-refractivity contribution in [2.75, 3.05) is 13.2 Å². The highest BCUT2D eigenvalue weighted by molar-refractivity contribution is 5.84. The molecule has 0 spiro atoms. The lowest BCUT2D eigenvalue weighted by Gasteiger charge is -2.10. The molecule has 1 atom stereocenters. The Morgan fingerprint density at radius 1 is 1.46 bits per heavy atom. The van der Waals surface area contributed by atoms with Crippen LogP contribution in [0.4, 0.5) is 0 Å². The minimum absolute atomic E-state index is 0.0455. The van der Waals surface area contributed by atoms with Crippen molar-refractivity contribution in [1.29, 1.82) is 0 Å². The third-order valence-electron chi connectivity index (χ3n) is 1.20. The summed E-state index contributed by atoms with van der Waals surface area (Å²) in [6.07, 6.45) is -1.63. The summed E-state index contributed by atoms with van der Waals surface area (Å²) in [5.74, 6) is -3.12. The molecule has 0 aromatic rings. The van der Waals surface area contributed by atoms with E-state index in [0.717, 1.165) is 0 Å². The maximum absolute atomic E-state index is 10.4. The molecule has 0 rings (SSSR count). The number of aliphatic carboxylic acids is 1. The third kappa shape index (κ3) is 3.30. The van der Waals surface area contributed by atoms with Gasteiger partial charge in [0.15, 0.2) is 5.76 Å². The average molecular weight is 192 g/mol. The summed E-state index contributed by atoms with van der Waals surface area (Å²) >= 11 is 0. The van der Waals surface area contributed by atoms with Gasteiger partial charge >= 0.3 is 5.97 Å². The van der Waals surface area contributed by atoms with Crippen LogP contribution in [-0.4, -0.2) is 45.7 Å². The molecule has 0 aromatic carbocycles. The van der Waals surface area contributed by atoms with Crippen LogP contribution in [0.15, 0.2) is 11.5 Å². The van der Waals surface area contributed by atoms with Crippen molar-refractivity contribution in [2.45, 2.75) is 13.0 Å². The van der Waals surface area contributed by atoms with E-state index in [1.54, 1.807) is 0 Å². The Hall–Kier alpha value is -1.27. The van der Waals surface area contributed by atoms with Gasteiger partial charge in [0, 0.05) is 0 Å². The molecule has 0 aliphatic rings. The molecular formula is C7H12O6. The Kier molecular flexibility index (Phi) is 4.86. The van der Waals surface area contributed by atoms with Crippen LogP contribution in [0, 0.1) is 0 Å². The molecule has 1 unspecified atom stereocenters. The number of aliphatic hydroxyl groups excluding tert-OH is 3. The number of ether oxygens (including phenoxy) is 1. The van der Waals surface area contributed by atoms with E-state index in [4.69, 9.17) is 20.4 Å². The van der Waals surface area contributed by atoms with E-state index in [1.807, 2.05) is 0 Å². The van der Waals surface area contributed by atoms with Crippen molar-refractivity contribution in [3.8, 4) is 0 Å². The zero-order valence-corrected chi connectivity index (χ0v) is 7.10. The van der Waals surface area contributed by atoms with Crippen molar-refractivity contribution in [2.24, 2.45) is 0 Å². The van der Waals surface area contributed by atoms with E-state index in [1.165, 1.54) is 6.92 Å². The van der Waals surface area contributed by atoms with Crippen LogP contribution in [0.5, 0.6) is 0 Å². The van der Waals surface area contributed by atoms with Gasteiger partial charge in [0.2, 0.25) is 5.76 Å². The SMILES string of the molecule is CCO/C(C(=O)O)=C(/O)C(O)CO. The average Bonchev–Trinajstić information content (AvgIpc) is 2.11. The second-order valence-corrected chi connectivity index (χ2v) is 2.15. The van der Waals surface area contributed by atoms with Crippen LogP contribution in [-0.2, 0) is 9.53 Å². The van der Waals surface area contributed by atoms with E-state index in [9.17, 15) is 4.79 Å². The molecule has 0 radical (unpaired) electrons. The second-order valence-electron chi connectivity index (χ2n) is 2.15. The second kappa shape index (κ2) is 5.39. The Bertz CT molecular complexity index is 209. The van der Waals surface area contributed by atoms with Crippen molar-refractivity contribution < 1.29 is 30.0 Å². The van der Waals surface area contributed by atoms with E-state index in [0.29, 0.717) is 0 Å². The Morgan fingerprint density at radius 2 is 2.00 bits per heavy atom. The summed E-state index contributed by atoms with van der Waals surface area (Å²) in [7, 11) is 0. The van der Waals surface area contributed by atoms with Gasteiger partial charge in [-0.15, -0.1) is 0 Å². The first kappa shape index (κ1) is 11.7. The summed E-state index contributed by atoms with van der Waals surface area (Å²) in [4.78, 5) is 10.4. The molecule has 6 nitrogen and oxygen atoms in total. The first-order valence-electron chi connectivity index (χ1n) is 3.62. The van der Waals surface area contributed by atoms with Gasteiger partial charge in [0.25, 0.3) is 0 Å². The molecule has 0 heterocycles. The predicted molar refractivity (Wildman–Crippen MR) is 42.0 cm³/mol. The number of hydrogen-bond donors (Lipinski definition) is 4. The molecule has 6 heteroatoms. The van der Waals surface area contributed by atoms with Crippen LogP contribution in [0.25, 0.3) is 0 Å². The van der Waals surface area contributed by atoms with Gasteiger partial charge in [-0.25, -0.2) is 4.79 Å². The molecular weight excluding hydrogens is 180 g/mol. The molecule has 0 fully saturated rings. The molecule has 0 saturated carbocycles. The summed E-state index contributed by atoms with van der Waals surface area (Å²) in [5.41, 5.74) is 0. The van der Waals surface area contributed by atoms with Crippen molar-refractivity contribution >= 4 is 5.97 Å². The first-order chi connectivity index (χ1) is 6.04. The minimum atomic E-state index is -1.63. The van der Waals surface area contributed by atoms with Crippen molar-refractivity contribution in [3.63, 3.8) is 0 Å². The van der Waals surface area contributed by atoms with Crippen molar-refractivity contribution in [3.05, 3.63) is 11.5 Å². The molecule has 4 N–H and O–H groups in total. The van der Waals surface area contributed by atoms with E-state index in [-0.39, 0.29) is 6.61 Å². The lowest BCUT2D eigenvalue weighted by Crippen LogP contribution is -2.21. The molecule has 0 aromatic heterocycles. The fraction of sp³-hybridized carbons (Fsp3) is 0.571. The molecule has 76 valence electrons. The molecule has 0 aliphatic heterocycles. The van der Waals surface area contributed by atoms with Gasteiger partial charge in [-0.3, -0.25) is 0 Å². The predicted octanol–water partition coefficient (Wildman–Crippen LogP) is -0.770. The Balaban J connectivity index is 4.73. The monoisotopic (exact) mass is 192 g/mol. The highest BCUT2D eigenvalue weighted by Gasteiger charge is 2.21. The van der Waals surface area contributed by atoms with Gasteiger partial charge in [-0.2, -0.15) is 0 Å². The van der Waals surface area contributed by atoms with Gasteiger partial charge in [0.05, 0.1) is 13.2 Å². The summed E-state index contributed by atoms with van der Waals surface area (Å²) in [6.45, 7) is 0.807. The smallest absolute Gasteiger partial charge is 0.374 e. The van der Waals surface area contributed by atoms with Gasteiger partial charge in [-0.1, -0.05) is 0 Å². The Morgan fingerprint density at radius 3 is 2.31 bits per heavy atom. The lowest BCUT2D eigenvalue weighted by molar-refractivity contribution is -0.137. The number of carbonyl (C=O) groups is 1. The fourth-order valence-corrected chi connectivity index (χ4v) is 0.627. The summed E-state index contributed by atoms with van der Waals surface area (Å²) in [6, 6.07) is 0. The minimum Gasteiger partial charge on any atom is -0.506 e. The highest BCUT2D eigenvalue weighted by atomic mass is 16.5. The zero-order chi connectivity index (χ0) is 10.4. The van der Waals surface area contributed by atoms with Gasteiger partial charge in [0.1, 0.15) is 6.10 Å². The quantitative estimate of drug-likeness (QED) is 0.336. The zero-order valence-electron chi connectivity index (χ0n) is 7.10. The largest absolute Gasteiger partial charge is 0.506 e. The van der Waals surface area contributed by atoms with Crippen LogP contribution in [0.1, 0.15) is 6.92 Å². The topological polar surface area (TPSA) is 107 Å². The normalized spacial score (nSPS) is 14.7. The molecule has 0 saturated heterocycles. The molecule has 0 aliphatic carbocycles.